The van der Waals surface area contributed by atoms with Crippen molar-refractivity contribution < 1.29 is 14.3 Å². The number of benzene rings is 1. The Balaban J connectivity index is 1.44. The Labute approximate surface area is 177 Å². The van der Waals surface area contributed by atoms with Crippen LogP contribution in [-0.2, 0) is 13.0 Å². The predicted molar refractivity (Wildman–Crippen MR) is 115 cm³/mol. The van der Waals surface area contributed by atoms with E-state index >= 15 is 0 Å². The van der Waals surface area contributed by atoms with Crippen molar-refractivity contribution >= 4 is 17.7 Å². The van der Waals surface area contributed by atoms with Gasteiger partial charge in [-0.1, -0.05) is 37.3 Å². The van der Waals surface area contributed by atoms with E-state index in [2.05, 4.69) is 22.5 Å². The summed E-state index contributed by atoms with van der Waals surface area (Å²) in [5.41, 5.74) is 0.640. The van der Waals surface area contributed by atoms with Gasteiger partial charge in [-0.25, -0.2) is 9.78 Å². The van der Waals surface area contributed by atoms with Crippen LogP contribution in [-0.4, -0.2) is 34.0 Å². The molecular weight excluding hydrogens is 380 g/mol. The summed E-state index contributed by atoms with van der Waals surface area (Å²) in [4.78, 5) is 29.7. The van der Waals surface area contributed by atoms with E-state index in [1.54, 1.807) is 12.1 Å². The molecule has 0 unspecified atom stereocenters. The first kappa shape index (κ1) is 20.4. The standard InChI is InChI=1S/C23H30N4O3/c1-16-10-12-18(13-11-16)25-23(29)30-22-21(26-20-9-5-6-14-27(20)22)24-15-19(28)17-7-3-2-4-8-17/h2-4,7-8,16,18,24H,5-6,9-15H2,1H3,(H,25,29). The Morgan fingerprint density at radius 1 is 1.13 bits per heavy atom. The van der Waals surface area contributed by atoms with Crippen LogP contribution in [0.5, 0.6) is 5.88 Å². The van der Waals surface area contributed by atoms with Crippen LogP contribution in [0.1, 0.15) is 61.6 Å². The average Bonchev–Trinajstić information content (AvgIpc) is 3.11. The fraction of sp³-hybridized carbons (Fsp3) is 0.522. The SMILES string of the molecule is CC1CCC(NC(=O)Oc2c(NCC(=O)c3ccccc3)nc3n2CCCC3)CC1. The minimum Gasteiger partial charge on any atom is -0.389 e. The number of anilines is 1. The van der Waals surface area contributed by atoms with Crippen molar-refractivity contribution in [1.29, 1.82) is 0 Å². The highest BCUT2D eigenvalue weighted by Gasteiger charge is 2.26. The zero-order valence-corrected chi connectivity index (χ0v) is 17.5. The van der Waals surface area contributed by atoms with Gasteiger partial charge in [-0.05, 0) is 44.4 Å². The van der Waals surface area contributed by atoms with Crippen LogP contribution < -0.4 is 15.4 Å². The summed E-state index contributed by atoms with van der Waals surface area (Å²) in [5, 5.41) is 6.10. The number of hydrogen-bond donors (Lipinski definition) is 2. The van der Waals surface area contributed by atoms with Gasteiger partial charge in [0.15, 0.2) is 11.6 Å². The van der Waals surface area contributed by atoms with E-state index in [0.717, 1.165) is 63.2 Å². The van der Waals surface area contributed by atoms with Gasteiger partial charge in [0.25, 0.3) is 0 Å². The maximum Gasteiger partial charge on any atom is 0.414 e. The predicted octanol–water partition coefficient (Wildman–Crippen LogP) is 4.18. The molecule has 2 heterocycles. The molecule has 1 aliphatic carbocycles. The van der Waals surface area contributed by atoms with E-state index in [4.69, 9.17) is 4.74 Å². The number of ketones is 1. The van der Waals surface area contributed by atoms with E-state index in [1.165, 1.54) is 0 Å². The highest BCUT2D eigenvalue weighted by Crippen LogP contribution is 2.30. The smallest absolute Gasteiger partial charge is 0.389 e. The largest absolute Gasteiger partial charge is 0.414 e. The second-order valence-electron chi connectivity index (χ2n) is 8.42. The summed E-state index contributed by atoms with van der Waals surface area (Å²) in [7, 11) is 0. The van der Waals surface area contributed by atoms with Gasteiger partial charge < -0.3 is 15.4 Å². The number of fused-ring (bicyclic) bond motifs is 1. The molecule has 0 spiro atoms. The zero-order valence-electron chi connectivity index (χ0n) is 17.5. The number of carbonyl (C=O) groups excluding carboxylic acids is 2. The maximum atomic E-state index is 12.6. The van der Waals surface area contributed by atoms with Crippen molar-refractivity contribution in [3.05, 3.63) is 41.7 Å². The van der Waals surface area contributed by atoms with Gasteiger partial charge in [-0.2, -0.15) is 0 Å². The highest BCUT2D eigenvalue weighted by atomic mass is 16.6. The van der Waals surface area contributed by atoms with Crippen molar-refractivity contribution in [2.24, 2.45) is 5.92 Å². The fourth-order valence-electron chi connectivity index (χ4n) is 4.25. The third-order valence-corrected chi connectivity index (χ3v) is 6.07. The van der Waals surface area contributed by atoms with Crippen LogP contribution in [0.2, 0.25) is 0 Å². The van der Waals surface area contributed by atoms with Crippen molar-refractivity contribution in [2.75, 3.05) is 11.9 Å². The quantitative estimate of drug-likeness (QED) is 0.698. The first-order valence-electron chi connectivity index (χ1n) is 11.0. The lowest BCUT2D eigenvalue weighted by Gasteiger charge is -2.26. The van der Waals surface area contributed by atoms with Crippen molar-refractivity contribution in [1.82, 2.24) is 14.9 Å². The monoisotopic (exact) mass is 410 g/mol. The number of hydrogen-bond acceptors (Lipinski definition) is 5. The van der Waals surface area contributed by atoms with Crippen LogP contribution in [0.25, 0.3) is 0 Å². The average molecular weight is 411 g/mol. The summed E-state index contributed by atoms with van der Waals surface area (Å²) in [6.45, 7) is 3.11. The number of aromatic nitrogens is 2. The maximum absolute atomic E-state index is 12.6. The molecule has 160 valence electrons. The first-order valence-corrected chi connectivity index (χ1v) is 11.0. The van der Waals surface area contributed by atoms with Crippen LogP contribution in [0.3, 0.4) is 0 Å². The van der Waals surface area contributed by atoms with Crippen LogP contribution in [0.15, 0.2) is 30.3 Å². The molecule has 1 amide bonds. The summed E-state index contributed by atoms with van der Waals surface area (Å²) in [5.74, 6) is 2.45. The third-order valence-electron chi connectivity index (χ3n) is 6.07. The van der Waals surface area contributed by atoms with Crippen LogP contribution in [0.4, 0.5) is 10.6 Å². The molecule has 2 aliphatic rings. The molecule has 1 saturated carbocycles. The first-order chi connectivity index (χ1) is 14.6. The molecule has 7 nitrogen and oxygen atoms in total. The van der Waals surface area contributed by atoms with Gasteiger partial charge in [0.1, 0.15) is 5.82 Å². The van der Waals surface area contributed by atoms with Gasteiger partial charge in [-0.15, -0.1) is 0 Å². The number of Topliss-reactive ketones (excluding diaryl/α,β-unsaturated/α-hetero) is 1. The molecule has 1 fully saturated rings. The van der Waals surface area contributed by atoms with Gasteiger partial charge >= 0.3 is 6.09 Å². The Kier molecular flexibility index (Phi) is 6.35. The van der Waals surface area contributed by atoms with E-state index in [1.807, 2.05) is 22.8 Å². The lowest BCUT2D eigenvalue weighted by atomic mass is 9.87. The molecule has 1 aromatic heterocycles. The summed E-state index contributed by atoms with van der Waals surface area (Å²) >= 11 is 0. The van der Waals surface area contributed by atoms with Gasteiger partial charge in [0, 0.05) is 24.6 Å². The number of nitrogens with zero attached hydrogens (tertiary/aromatic N) is 2. The molecule has 1 aromatic carbocycles. The molecule has 2 aromatic rings. The lowest BCUT2D eigenvalue weighted by Crippen LogP contribution is -2.39. The number of nitrogens with one attached hydrogen (secondary N) is 2. The van der Waals surface area contributed by atoms with Crippen LogP contribution in [0, 0.1) is 5.92 Å². The summed E-state index contributed by atoms with van der Waals surface area (Å²) in [6.07, 6.45) is 6.69. The Hall–Kier alpha value is -2.83. The molecule has 0 radical (unpaired) electrons. The number of aryl methyl sites for hydroxylation is 1. The minimum absolute atomic E-state index is 0.0340. The number of carbonyl (C=O) groups is 2. The second-order valence-corrected chi connectivity index (χ2v) is 8.42. The van der Waals surface area contributed by atoms with E-state index in [0.29, 0.717) is 17.3 Å². The van der Waals surface area contributed by atoms with Gasteiger partial charge in [-0.3, -0.25) is 9.36 Å². The Morgan fingerprint density at radius 2 is 1.90 bits per heavy atom. The summed E-state index contributed by atoms with van der Waals surface area (Å²) in [6, 6.07) is 9.30. The van der Waals surface area contributed by atoms with Crippen LogP contribution >= 0.6 is 0 Å². The fourth-order valence-corrected chi connectivity index (χ4v) is 4.25. The molecule has 0 atom stereocenters. The Bertz CT molecular complexity index is 885. The molecule has 0 saturated heterocycles. The van der Waals surface area contributed by atoms with E-state index < -0.39 is 6.09 Å². The molecule has 2 N–H and O–H groups in total. The second kappa shape index (κ2) is 9.32. The molecule has 7 heteroatoms. The van der Waals surface area contributed by atoms with Gasteiger partial charge in [0.05, 0.1) is 6.54 Å². The highest BCUT2D eigenvalue weighted by molar-refractivity contribution is 5.99. The molecule has 30 heavy (non-hydrogen) atoms. The van der Waals surface area contributed by atoms with Crippen molar-refractivity contribution in [2.45, 2.75) is 64.5 Å². The molecule has 0 bridgehead atoms. The molecule has 4 rings (SSSR count). The lowest BCUT2D eigenvalue weighted by molar-refractivity contribution is 0.101. The number of amides is 1. The minimum atomic E-state index is -0.444. The third kappa shape index (κ3) is 4.83. The number of rotatable bonds is 6. The van der Waals surface area contributed by atoms with E-state index in [-0.39, 0.29) is 18.4 Å². The normalized spacial score (nSPS) is 20.8. The number of imidazole rings is 1. The van der Waals surface area contributed by atoms with E-state index in [9.17, 15) is 9.59 Å². The zero-order chi connectivity index (χ0) is 20.9. The van der Waals surface area contributed by atoms with Gasteiger partial charge in [0.2, 0.25) is 5.88 Å². The topological polar surface area (TPSA) is 85.2 Å². The summed E-state index contributed by atoms with van der Waals surface area (Å²) < 4.78 is 7.69. The number of ether oxygens (including phenoxy) is 1. The molecule has 1 aliphatic heterocycles. The van der Waals surface area contributed by atoms with Crippen molar-refractivity contribution in [3.63, 3.8) is 0 Å². The molecular formula is C23H30N4O3. The Morgan fingerprint density at radius 3 is 2.67 bits per heavy atom. The van der Waals surface area contributed by atoms with Crippen molar-refractivity contribution in [3.8, 4) is 5.88 Å².